The normalized spacial score (nSPS) is 18.8. The standard InChI is InChI=1S/C11H23Cl/c1-5-7-9(3)8-10(4)11(12)6-2/h9-11H,5-8H2,1-4H3. The lowest BCUT2D eigenvalue weighted by atomic mass is 9.91. The lowest BCUT2D eigenvalue weighted by Crippen LogP contribution is -2.13. The van der Waals surface area contributed by atoms with Crippen molar-refractivity contribution >= 4 is 11.6 Å². The van der Waals surface area contributed by atoms with Crippen molar-refractivity contribution in [3.05, 3.63) is 0 Å². The Morgan fingerprint density at radius 1 is 1.17 bits per heavy atom. The monoisotopic (exact) mass is 190 g/mol. The first-order chi connectivity index (χ1) is 5.61. The summed E-state index contributed by atoms with van der Waals surface area (Å²) >= 11 is 6.16. The Balaban J connectivity index is 3.59. The van der Waals surface area contributed by atoms with E-state index in [1.54, 1.807) is 0 Å². The van der Waals surface area contributed by atoms with Crippen LogP contribution in [-0.4, -0.2) is 5.38 Å². The second-order valence-corrected chi connectivity index (χ2v) is 4.59. The van der Waals surface area contributed by atoms with Crippen LogP contribution in [0.5, 0.6) is 0 Å². The molecule has 0 aromatic heterocycles. The van der Waals surface area contributed by atoms with Crippen molar-refractivity contribution in [2.75, 3.05) is 0 Å². The second-order valence-electron chi connectivity index (χ2n) is 4.03. The van der Waals surface area contributed by atoms with Crippen LogP contribution < -0.4 is 0 Å². The van der Waals surface area contributed by atoms with E-state index in [0.29, 0.717) is 11.3 Å². The predicted octanol–water partition coefficient (Wildman–Crippen LogP) is 4.47. The van der Waals surface area contributed by atoms with Crippen molar-refractivity contribution in [1.29, 1.82) is 0 Å². The Labute approximate surface area is 82.7 Å². The van der Waals surface area contributed by atoms with Crippen LogP contribution in [-0.2, 0) is 0 Å². The third kappa shape index (κ3) is 5.03. The highest BCUT2D eigenvalue weighted by Gasteiger charge is 2.14. The highest BCUT2D eigenvalue weighted by Crippen LogP contribution is 2.23. The van der Waals surface area contributed by atoms with Gasteiger partial charge in [0.15, 0.2) is 0 Å². The Morgan fingerprint density at radius 2 is 1.75 bits per heavy atom. The van der Waals surface area contributed by atoms with E-state index in [-0.39, 0.29) is 0 Å². The van der Waals surface area contributed by atoms with E-state index in [4.69, 9.17) is 11.6 Å². The van der Waals surface area contributed by atoms with Crippen molar-refractivity contribution in [3.63, 3.8) is 0 Å². The summed E-state index contributed by atoms with van der Waals surface area (Å²) in [7, 11) is 0. The van der Waals surface area contributed by atoms with Crippen LogP contribution in [0.15, 0.2) is 0 Å². The first-order valence-electron chi connectivity index (χ1n) is 5.25. The molecule has 0 saturated heterocycles. The van der Waals surface area contributed by atoms with E-state index in [2.05, 4.69) is 27.7 Å². The van der Waals surface area contributed by atoms with Gasteiger partial charge in [0.25, 0.3) is 0 Å². The van der Waals surface area contributed by atoms with Gasteiger partial charge in [0, 0.05) is 5.38 Å². The molecule has 0 N–H and O–H groups in total. The molecule has 0 aliphatic heterocycles. The predicted molar refractivity (Wildman–Crippen MR) is 57.8 cm³/mol. The summed E-state index contributed by atoms with van der Waals surface area (Å²) < 4.78 is 0. The zero-order valence-electron chi connectivity index (χ0n) is 8.94. The summed E-state index contributed by atoms with van der Waals surface area (Å²) in [5.41, 5.74) is 0. The molecule has 0 nitrogen and oxygen atoms in total. The Bertz CT molecular complexity index is 101. The molecule has 0 amide bonds. The van der Waals surface area contributed by atoms with Gasteiger partial charge in [0.2, 0.25) is 0 Å². The molecule has 3 unspecified atom stereocenters. The summed E-state index contributed by atoms with van der Waals surface area (Å²) in [5.74, 6) is 1.52. The maximum absolute atomic E-state index is 6.16. The first-order valence-corrected chi connectivity index (χ1v) is 5.69. The number of hydrogen-bond acceptors (Lipinski definition) is 0. The average Bonchev–Trinajstić information content (AvgIpc) is 2.03. The molecule has 0 fully saturated rings. The van der Waals surface area contributed by atoms with Gasteiger partial charge in [-0.25, -0.2) is 0 Å². The van der Waals surface area contributed by atoms with Gasteiger partial charge in [0.05, 0.1) is 0 Å². The number of halogens is 1. The highest BCUT2D eigenvalue weighted by atomic mass is 35.5. The summed E-state index contributed by atoms with van der Waals surface area (Å²) in [4.78, 5) is 0. The van der Waals surface area contributed by atoms with Crippen molar-refractivity contribution in [2.45, 2.75) is 58.8 Å². The van der Waals surface area contributed by atoms with Gasteiger partial charge in [-0.05, 0) is 24.7 Å². The van der Waals surface area contributed by atoms with E-state index >= 15 is 0 Å². The fourth-order valence-corrected chi connectivity index (χ4v) is 1.90. The maximum Gasteiger partial charge on any atom is 0.0359 e. The van der Waals surface area contributed by atoms with Crippen molar-refractivity contribution < 1.29 is 0 Å². The van der Waals surface area contributed by atoms with Gasteiger partial charge < -0.3 is 0 Å². The summed E-state index contributed by atoms with van der Waals surface area (Å²) in [6.45, 7) is 9.02. The van der Waals surface area contributed by atoms with Crippen LogP contribution in [0.25, 0.3) is 0 Å². The molecule has 0 radical (unpaired) electrons. The Kier molecular flexibility index (Phi) is 6.93. The number of rotatable bonds is 6. The van der Waals surface area contributed by atoms with Crippen LogP contribution >= 0.6 is 11.6 Å². The number of hydrogen-bond donors (Lipinski definition) is 0. The molecule has 0 aromatic rings. The Morgan fingerprint density at radius 3 is 2.17 bits per heavy atom. The van der Waals surface area contributed by atoms with E-state index in [9.17, 15) is 0 Å². The molecule has 0 saturated carbocycles. The van der Waals surface area contributed by atoms with Crippen LogP contribution in [0.3, 0.4) is 0 Å². The fourth-order valence-electron chi connectivity index (χ4n) is 1.80. The van der Waals surface area contributed by atoms with Crippen LogP contribution in [0.2, 0.25) is 0 Å². The molecule has 0 rings (SSSR count). The quantitative estimate of drug-likeness (QED) is 0.543. The van der Waals surface area contributed by atoms with Gasteiger partial charge in [-0.1, -0.05) is 40.5 Å². The minimum absolute atomic E-state index is 0.379. The van der Waals surface area contributed by atoms with Crippen molar-refractivity contribution in [3.8, 4) is 0 Å². The van der Waals surface area contributed by atoms with E-state index in [0.717, 1.165) is 12.3 Å². The lowest BCUT2D eigenvalue weighted by Gasteiger charge is -2.20. The molecule has 0 heterocycles. The minimum Gasteiger partial charge on any atom is -0.123 e. The van der Waals surface area contributed by atoms with Gasteiger partial charge >= 0.3 is 0 Å². The molecule has 0 aliphatic rings. The maximum atomic E-state index is 6.16. The molecular weight excluding hydrogens is 168 g/mol. The Hall–Kier alpha value is 0.290. The lowest BCUT2D eigenvalue weighted by molar-refractivity contribution is 0.377. The number of alkyl halides is 1. The van der Waals surface area contributed by atoms with Crippen LogP contribution in [0.1, 0.15) is 53.4 Å². The van der Waals surface area contributed by atoms with Crippen LogP contribution in [0, 0.1) is 11.8 Å². The topological polar surface area (TPSA) is 0 Å². The third-order valence-corrected chi connectivity index (χ3v) is 3.30. The SMILES string of the molecule is CCCC(C)CC(C)C(Cl)CC. The van der Waals surface area contributed by atoms with Gasteiger partial charge in [-0.3, -0.25) is 0 Å². The van der Waals surface area contributed by atoms with E-state index in [1.165, 1.54) is 19.3 Å². The minimum atomic E-state index is 0.379. The van der Waals surface area contributed by atoms with Gasteiger partial charge in [-0.2, -0.15) is 0 Å². The third-order valence-electron chi connectivity index (χ3n) is 2.56. The summed E-state index contributed by atoms with van der Waals surface area (Å²) in [6, 6.07) is 0. The zero-order valence-corrected chi connectivity index (χ0v) is 9.69. The molecule has 0 spiro atoms. The molecule has 74 valence electrons. The fraction of sp³-hybridized carbons (Fsp3) is 1.00. The smallest absolute Gasteiger partial charge is 0.0359 e. The molecule has 0 aromatic carbocycles. The van der Waals surface area contributed by atoms with Crippen molar-refractivity contribution in [2.24, 2.45) is 11.8 Å². The zero-order chi connectivity index (χ0) is 9.56. The molecule has 0 aliphatic carbocycles. The second kappa shape index (κ2) is 6.77. The van der Waals surface area contributed by atoms with Crippen LogP contribution in [0.4, 0.5) is 0 Å². The summed E-state index contributed by atoms with van der Waals surface area (Å²) in [6.07, 6.45) is 5.03. The van der Waals surface area contributed by atoms with Crippen molar-refractivity contribution in [1.82, 2.24) is 0 Å². The molecule has 1 heteroatoms. The largest absolute Gasteiger partial charge is 0.123 e. The van der Waals surface area contributed by atoms with Gasteiger partial charge in [-0.15, -0.1) is 11.6 Å². The summed E-state index contributed by atoms with van der Waals surface area (Å²) in [5, 5.41) is 0.379. The highest BCUT2D eigenvalue weighted by molar-refractivity contribution is 6.20. The van der Waals surface area contributed by atoms with Gasteiger partial charge in [0.1, 0.15) is 0 Å². The van der Waals surface area contributed by atoms with E-state index in [1.807, 2.05) is 0 Å². The van der Waals surface area contributed by atoms with E-state index < -0.39 is 0 Å². The molecular formula is C11H23Cl. The first kappa shape index (κ1) is 12.3. The molecule has 12 heavy (non-hydrogen) atoms. The molecule has 0 bridgehead atoms. The molecule has 3 atom stereocenters. The average molecular weight is 191 g/mol.